The number of hydrogen-bond donors (Lipinski definition) is 2. The molecule has 0 bridgehead atoms. The van der Waals surface area contributed by atoms with E-state index in [1.165, 1.54) is 0 Å². The minimum Gasteiger partial charge on any atom is -0.323 e. The fourth-order valence-corrected chi connectivity index (χ4v) is 2.79. The summed E-state index contributed by atoms with van der Waals surface area (Å²) < 4.78 is 61.0. The summed E-state index contributed by atoms with van der Waals surface area (Å²) in [7, 11) is -3.89. The Kier molecular flexibility index (Phi) is 4.76. The van der Waals surface area contributed by atoms with Gasteiger partial charge in [-0.05, 0) is 6.07 Å². The van der Waals surface area contributed by atoms with E-state index in [9.17, 15) is 31.7 Å². The molecule has 3 N–H and O–H groups in total. The SMILES string of the molecule is CN(CC(F)(F)F)S(=O)(=O)c1cc([N+](=O)[O-])ccc1NN. The van der Waals surface area contributed by atoms with Crippen LogP contribution in [-0.2, 0) is 10.0 Å². The van der Waals surface area contributed by atoms with Gasteiger partial charge in [-0.3, -0.25) is 16.0 Å². The smallest absolute Gasteiger partial charge is 0.323 e. The normalized spacial score (nSPS) is 12.5. The minimum atomic E-state index is -4.75. The highest BCUT2D eigenvalue weighted by molar-refractivity contribution is 7.89. The van der Waals surface area contributed by atoms with Crippen LogP contribution in [-0.4, -0.2) is 37.4 Å². The van der Waals surface area contributed by atoms with Crippen LogP contribution in [0.15, 0.2) is 23.1 Å². The minimum absolute atomic E-state index is 0.0346. The number of hydrazine groups is 1. The standard InChI is InChI=1S/C9H11F3N4O4S/c1-15(5-9(10,11)12)21(19,20)8-4-6(16(17)18)2-3-7(8)14-13/h2-4,14H,5,13H2,1H3. The number of anilines is 1. The van der Waals surface area contributed by atoms with Crippen molar-refractivity contribution in [3.05, 3.63) is 28.3 Å². The van der Waals surface area contributed by atoms with E-state index in [0.29, 0.717) is 13.1 Å². The van der Waals surface area contributed by atoms with Crippen LogP contribution in [0.3, 0.4) is 0 Å². The monoisotopic (exact) mass is 328 g/mol. The van der Waals surface area contributed by atoms with E-state index in [1.807, 2.05) is 5.43 Å². The van der Waals surface area contributed by atoms with Crippen LogP contribution in [0, 0.1) is 10.1 Å². The average molecular weight is 328 g/mol. The van der Waals surface area contributed by atoms with Crippen molar-refractivity contribution < 1.29 is 26.5 Å². The Morgan fingerprint density at radius 3 is 2.43 bits per heavy atom. The maximum atomic E-state index is 12.3. The number of benzene rings is 1. The molecule has 0 atom stereocenters. The van der Waals surface area contributed by atoms with Gasteiger partial charge >= 0.3 is 6.18 Å². The molecular formula is C9H11F3N4O4S. The highest BCUT2D eigenvalue weighted by atomic mass is 32.2. The van der Waals surface area contributed by atoms with E-state index < -0.39 is 38.3 Å². The van der Waals surface area contributed by atoms with Crippen LogP contribution in [0.5, 0.6) is 0 Å². The van der Waals surface area contributed by atoms with Crippen LogP contribution >= 0.6 is 0 Å². The molecule has 0 amide bonds. The number of non-ortho nitro benzene ring substituents is 1. The molecule has 21 heavy (non-hydrogen) atoms. The summed E-state index contributed by atoms with van der Waals surface area (Å²) in [6.45, 7) is -1.73. The molecule has 0 aliphatic heterocycles. The second-order valence-electron chi connectivity index (χ2n) is 3.96. The Labute approximate surface area is 117 Å². The second kappa shape index (κ2) is 5.83. The van der Waals surface area contributed by atoms with Gasteiger partial charge in [0, 0.05) is 19.2 Å². The summed E-state index contributed by atoms with van der Waals surface area (Å²) in [5, 5.41) is 10.6. The molecule has 0 heterocycles. The number of alkyl halides is 3. The number of rotatable bonds is 5. The summed E-state index contributed by atoms with van der Waals surface area (Å²) in [6.07, 6.45) is -4.75. The predicted octanol–water partition coefficient (Wildman–Crippen LogP) is 1.06. The van der Waals surface area contributed by atoms with E-state index in [4.69, 9.17) is 5.84 Å². The first-order chi connectivity index (χ1) is 9.49. The molecule has 1 aromatic rings. The zero-order valence-corrected chi connectivity index (χ0v) is 11.4. The molecule has 0 aromatic heterocycles. The average Bonchev–Trinajstić information content (AvgIpc) is 2.35. The van der Waals surface area contributed by atoms with Crippen LogP contribution in [0.25, 0.3) is 0 Å². The van der Waals surface area contributed by atoms with E-state index in [1.54, 1.807) is 0 Å². The summed E-state index contributed by atoms with van der Waals surface area (Å²) in [4.78, 5) is 9.06. The number of nitrogen functional groups attached to an aromatic ring is 1. The van der Waals surface area contributed by atoms with Crippen molar-refractivity contribution in [2.75, 3.05) is 19.0 Å². The van der Waals surface area contributed by atoms with Crippen LogP contribution in [0.1, 0.15) is 0 Å². The lowest BCUT2D eigenvalue weighted by molar-refractivity contribution is -0.385. The highest BCUT2D eigenvalue weighted by Crippen LogP contribution is 2.29. The lowest BCUT2D eigenvalue weighted by atomic mass is 10.3. The van der Waals surface area contributed by atoms with Gasteiger partial charge in [0.05, 0.1) is 10.6 Å². The molecule has 1 rings (SSSR count). The van der Waals surface area contributed by atoms with Crippen molar-refractivity contribution in [1.82, 2.24) is 4.31 Å². The zero-order chi connectivity index (χ0) is 16.4. The van der Waals surface area contributed by atoms with Gasteiger partial charge in [-0.2, -0.15) is 17.5 Å². The Hall–Kier alpha value is -1.92. The third kappa shape index (κ3) is 4.03. The predicted molar refractivity (Wildman–Crippen MR) is 66.8 cm³/mol. The van der Waals surface area contributed by atoms with E-state index in [-0.39, 0.29) is 9.99 Å². The lowest BCUT2D eigenvalue weighted by Crippen LogP contribution is -2.36. The Balaban J connectivity index is 3.35. The summed E-state index contributed by atoms with van der Waals surface area (Å²) in [5.74, 6) is 5.08. The first-order valence-electron chi connectivity index (χ1n) is 5.27. The molecular weight excluding hydrogens is 317 g/mol. The lowest BCUT2D eigenvalue weighted by Gasteiger charge is -2.20. The maximum Gasteiger partial charge on any atom is 0.402 e. The largest absolute Gasteiger partial charge is 0.402 e. The van der Waals surface area contributed by atoms with Crippen molar-refractivity contribution in [2.45, 2.75) is 11.1 Å². The highest BCUT2D eigenvalue weighted by Gasteiger charge is 2.36. The van der Waals surface area contributed by atoms with Gasteiger partial charge in [-0.1, -0.05) is 0 Å². The van der Waals surface area contributed by atoms with Crippen molar-refractivity contribution in [1.29, 1.82) is 0 Å². The zero-order valence-electron chi connectivity index (χ0n) is 10.6. The summed E-state index contributed by atoms with van der Waals surface area (Å²) >= 11 is 0. The number of nitro groups is 1. The van der Waals surface area contributed by atoms with Crippen LogP contribution < -0.4 is 11.3 Å². The number of halogens is 3. The second-order valence-corrected chi connectivity index (χ2v) is 5.97. The number of hydrogen-bond acceptors (Lipinski definition) is 6. The maximum absolute atomic E-state index is 12.3. The molecule has 0 saturated heterocycles. The fourth-order valence-electron chi connectivity index (χ4n) is 1.46. The first kappa shape index (κ1) is 17.1. The van der Waals surface area contributed by atoms with Gasteiger partial charge < -0.3 is 5.43 Å². The molecule has 118 valence electrons. The van der Waals surface area contributed by atoms with E-state index in [0.717, 1.165) is 12.1 Å². The third-order valence-electron chi connectivity index (χ3n) is 2.42. The van der Waals surface area contributed by atoms with Crippen molar-refractivity contribution in [2.24, 2.45) is 5.84 Å². The summed E-state index contributed by atoms with van der Waals surface area (Å²) in [5.41, 5.74) is 1.13. The Morgan fingerprint density at radius 1 is 1.43 bits per heavy atom. The van der Waals surface area contributed by atoms with Gasteiger partial charge in [-0.15, -0.1) is 0 Å². The van der Waals surface area contributed by atoms with E-state index >= 15 is 0 Å². The molecule has 0 aliphatic rings. The molecule has 0 radical (unpaired) electrons. The van der Waals surface area contributed by atoms with Crippen LogP contribution in [0.4, 0.5) is 24.5 Å². The summed E-state index contributed by atoms with van der Waals surface area (Å²) in [6, 6.07) is 2.60. The quantitative estimate of drug-likeness (QED) is 0.474. The van der Waals surface area contributed by atoms with Gasteiger partial charge in [-0.25, -0.2) is 8.42 Å². The molecule has 0 unspecified atom stereocenters. The fraction of sp³-hybridized carbons (Fsp3) is 0.333. The Bertz CT molecular complexity index is 647. The number of sulfonamides is 1. The third-order valence-corrected chi connectivity index (χ3v) is 4.27. The van der Waals surface area contributed by atoms with Gasteiger partial charge in [0.2, 0.25) is 10.0 Å². The first-order valence-corrected chi connectivity index (χ1v) is 6.71. The molecule has 8 nitrogen and oxygen atoms in total. The van der Waals surface area contributed by atoms with Gasteiger partial charge in [0.15, 0.2) is 0 Å². The molecule has 0 saturated carbocycles. The number of nitrogens with zero attached hydrogens (tertiary/aromatic N) is 2. The number of nitrogens with one attached hydrogen (secondary N) is 1. The van der Waals surface area contributed by atoms with Gasteiger partial charge in [0.25, 0.3) is 5.69 Å². The van der Waals surface area contributed by atoms with Gasteiger partial charge in [0.1, 0.15) is 11.4 Å². The Morgan fingerprint density at radius 2 is 2.00 bits per heavy atom. The topological polar surface area (TPSA) is 119 Å². The molecule has 1 aromatic carbocycles. The molecule has 0 spiro atoms. The van der Waals surface area contributed by atoms with Crippen molar-refractivity contribution in [3.63, 3.8) is 0 Å². The van der Waals surface area contributed by atoms with Crippen molar-refractivity contribution in [3.8, 4) is 0 Å². The molecule has 0 fully saturated rings. The van der Waals surface area contributed by atoms with Crippen LogP contribution in [0.2, 0.25) is 0 Å². The number of nitrogens with two attached hydrogens (primary N) is 1. The number of nitro benzene ring substituents is 1. The van der Waals surface area contributed by atoms with E-state index in [2.05, 4.69) is 0 Å². The van der Waals surface area contributed by atoms with Crippen molar-refractivity contribution >= 4 is 21.4 Å². The molecule has 0 aliphatic carbocycles. The molecule has 12 heteroatoms.